The van der Waals surface area contributed by atoms with Gasteiger partial charge in [0, 0.05) is 6.21 Å². The Kier molecular flexibility index (Phi) is 2.39. The monoisotopic (exact) mass is 148 g/mol. The third kappa shape index (κ3) is 1.88. The first kappa shape index (κ1) is 7.95. The Balaban J connectivity index is 2.89. The highest BCUT2D eigenvalue weighted by atomic mass is 14.6. The molecule has 1 aromatic rings. The van der Waals surface area contributed by atoms with Gasteiger partial charge >= 0.3 is 0 Å². The van der Waals surface area contributed by atoms with Crippen molar-refractivity contribution in [2.24, 2.45) is 5.73 Å². The van der Waals surface area contributed by atoms with Crippen LogP contribution in [0.4, 0.5) is 0 Å². The van der Waals surface area contributed by atoms with E-state index in [-0.39, 0.29) is 6.04 Å². The molecule has 0 bridgehead atoms. The number of benzene rings is 1. The van der Waals surface area contributed by atoms with Crippen molar-refractivity contribution >= 4 is 6.21 Å². The van der Waals surface area contributed by atoms with Gasteiger partial charge in [-0.25, -0.2) is 0 Å². The van der Waals surface area contributed by atoms with Crippen LogP contribution in [-0.4, -0.2) is 6.21 Å². The Morgan fingerprint density at radius 2 is 1.91 bits per heavy atom. The van der Waals surface area contributed by atoms with E-state index in [2.05, 4.69) is 0 Å². The van der Waals surface area contributed by atoms with Crippen molar-refractivity contribution in [3.8, 4) is 0 Å². The quantitative estimate of drug-likeness (QED) is 0.615. The number of aryl methyl sites for hydroxylation is 1. The maximum atomic E-state index is 6.95. The maximum absolute atomic E-state index is 6.95. The Labute approximate surface area is 66.6 Å². The highest BCUT2D eigenvalue weighted by Crippen LogP contribution is 2.08. The summed E-state index contributed by atoms with van der Waals surface area (Å²) in [7, 11) is 0. The molecule has 2 heteroatoms. The summed E-state index contributed by atoms with van der Waals surface area (Å²) in [5, 5.41) is 6.95. The molecule has 1 unspecified atom stereocenters. The SMILES string of the molecule is Cc1ccc(C(N)C=N)cc1. The van der Waals surface area contributed by atoms with Gasteiger partial charge in [0.1, 0.15) is 0 Å². The van der Waals surface area contributed by atoms with Gasteiger partial charge in [0.05, 0.1) is 6.04 Å². The van der Waals surface area contributed by atoms with Crippen LogP contribution in [0, 0.1) is 12.3 Å². The number of hydrogen-bond acceptors (Lipinski definition) is 2. The predicted octanol–water partition coefficient (Wildman–Crippen LogP) is 1.64. The van der Waals surface area contributed by atoms with Gasteiger partial charge in [-0.05, 0) is 12.5 Å². The van der Waals surface area contributed by atoms with E-state index in [9.17, 15) is 0 Å². The average Bonchev–Trinajstić information content (AvgIpc) is 2.05. The van der Waals surface area contributed by atoms with Crippen LogP contribution >= 0.6 is 0 Å². The van der Waals surface area contributed by atoms with E-state index in [0.29, 0.717) is 0 Å². The summed E-state index contributed by atoms with van der Waals surface area (Å²) in [4.78, 5) is 0. The standard InChI is InChI=1S/C9H12N2/c1-7-2-4-8(5-3-7)9(11)6-10/h2-6,9-10H,11H2,1H3. The second-order valence-electron chi connectivity index (χ2n) is 2.60. The molecule has 1 rings (SSSR count). The molecule has 58 valence electrons. The fraction of sp³-hybridized carbons (Fsp3) is 0.222. The molecule has 0 amide bonds. The zero-order valence-corrected chi connectivity index (χ0v) is 6.54. The van der Waals surface area contributed by atoms with Crippen LogP contribution in [0.3, 0.4) is 0 Å². The van der Waals surface area contributed by atoms with E-state index >= 15 is 0 Å². The van der Waals surface area contributed by atoms with E-state index in [4.69, 9.17) is 11.1 Å². The lowest BCUT2D eigenvalue weighted by atomic mass is 10.1. The third-order valence-corrected chi connectivity index (χ3v) is 1.64. The Hall–Kier alpha value is -1.15. The molecular formula is C9H12N2. The van der Waals surface area contributed by atoms with Crippen LogP contribution in [0.25, 0.3) is 0 Å². The molecule has 0 aromatic heterocycles. The normalized spacial score (nSPS) is 12.5. The van der Waals surface area contributed by atoms with Crippen molar-refractivity contribution in [3.05, 3.63) is 35.4 Å². The summed E-state index contributed by atoms with van der Waals surface area (Å²) in [6, 6.07) is 7.64. The smallest absolute Gasteiger partial charge is 0.0648 e. The second kappa shape index (κ2) is 3.30. The molecule has 0 aliphatic carbocycles. The van der Waals surface area contributed by atoms with Crippen molar-refractivity contribution in [1.82, 2.24) is 0 Å². The largest absolute Gasteiger partial charge is 0.320 e. The zero-order valence-electron chi connectivity index (χ0n) is 6.54. The highest BCUT2D eigenvalue weighted by Gasteiger charge is 1.99. The van der Waals surface area contributed by atoms with Crippen molar-refractivity contribution < 1.29 is 0 Å². The molecule has 1 aromatic carbocycles. The molecule has 0 saturated heterocycles. The highest BCUT2D eigenvalue weighted by molar-refractivity contribution is 5.63. The lowest BCUT2D eigenvalue weighted by molar-refractivity contribution is 0.975. The van der Waals surface area contributed by atoms with Crippen LogP contribution in [0.5, 0.6) is 0 Å². The third-order valence-electron chi connectivity index (χ3n) is 1.64. The Bertz CT molecular complexity index is 238. The molecule has 0 saturated carbocycles. The topological polar surface area (TPSA) is 49.9 Å². The fourth-order valence-corrected chi connectivity index (χ4v) is 0.885. The van der Waals surface area contributed by atoms with Crippen molar-refractivity contribution in [1.29, 1.82) is 5.41 Å². The minimum atomic E-state index is -0.254. The van der Waals surface area contributed by atoms with E-state index in [1.807, 2.05) is 31.2 Å². The van der Waals surface area contributed by atoms with Gasteiger partial charge < -0.3 is 11.1 Å². The minimum Gasteiger partial charge on any atom is -0.320 e. The van der Waals surface area contributed by atoms with Gasteiger partial charge in [0.2, 0.25) is 0 Å². The molecular weight excluding hydrogens is 136 g/mol. The molecule has 0 heterocycles. The van der Waals surface area contributed by atoms with Crippen LogP contribution in [0.1, 0.15) is 17.2 Å². The van der Waals surface area contributed by atoms with Gasteiger partial charge in [-0.2, -0.15) is 0 Å². The van der Waals surface area contributed by atoms with E-state index in [1.165, 1.54) is 11.8 Å². The van der Waals surface area contributed by atoms with Crippen molar-refractivity contribution in [2.45, 2.75) is 13.0 Å². The van der Waals surface area contributed by atoms with Gasteiger partial charge in [-0.3, -0.25) is 0 Å². The van der Waals surface area contributed by atoms with Gasteiger partial charge in [-0.15, -0.1) is 0 Å². The van der Waals surface area contributed by atoms with Gasteiger partial charge in [-0.1, -0.05) is 29.8 Å². The number of nitrogens with two attached hydrogens (primary N) is 1. The van der Waals surface area contributed by atoms with E-state index < -0.39 is 0 Å². The predicted molar refractivity (Wildman–Crippen MR) is 46.9 cm³/mol. The van der Waals surface area contributed by atoms with Crippen LogP contribution in [0.15, 0.2) is 24.3 Å². The summed E-state index contributed by atoms with van der Waals surface area (Å²) in [6.07, 6.45) is 1.24. The number of hydrogen-bond donors (Lipinski definition) is 2. The van der Waals surface area contributed by atoms with Crippen molar-refractivity contribution in [3.63, 3.8) is 0 Å². The first-order valence-corrected chi connectivity index (χ1v) is 3.57. The molecule has 0 radical (unpaired) electrons. The Morgan fingerprint density at radius 1 is 1.36 bits per heavy atom. The van der Waals surface area contributed by atoms with E-state index in [1.54, 1.807) is 0 Å². The minimum absolute atomic E-state index is 0.254. The number of nitrogens with one attached hydrogen (secondary N) is 1. The van der Waals surface area contributed by atoms with Crippen LogP contribution < -0.4 is 5.73 Å². The number of rotatable bonds is 2. The van der Waals surface area contributed by atoms with Crippen LogP contribution in [0.2, 0.25) is 0 Å². The summed E-state index contributed by atoms with van der Waals surface area (Å²) < 4.78 is 0. The molecule has 3 N–H and O–H groups in total. The van der Waals surface area contributed by atoms with Gasteiger partial charge in [0.25, 0.3) is 0 Å². The second-order valence-corrected chi connectivity index (χ2v) is 2.60. The lowest BCUT2D eigenvalue weighted by Crippen LogP contribution is -2.10. The summed E-state index contributed by atoms with van der Waals surface area (Å²) >= 11 is 0. The molecule has 0 aliphatic rings. The van der Waals surface area contributed by atoms with E-state index in [0.717, 1.165) is 5.56 Å². The molecule has 0 spiro atoms. The van der Waals surface area contributed by atoms with Gasteiger partial charge in [0.15, 0.2) is 0 Å². The molecule has 2 nitrogen and oxygen atoms in total. The lowest BCUT2D eigenvalue weighted by Gasteiger charge is -2.04. The summed E-state index contributed by atoms with van der Waals surface area (Å²) in [5.41, 5.74) is 7.81. The molecule has 0 fully saturated rings. The van der Waals surface area contributed by atoms with Crippen molar-refractivity contribution in [2.75, 3.05) is 0 Å². The summed E-state index contributed by atoms with van der Waals surface area (Å²) in [5.74, 6) is 0. The maximum Gasteiger partial charge on any atom is 0.0648 e. The first-order chi connectivity index (χ1) is 5.24. The average molecular weight is 148 g/mol. The molecule has 1 atom stereocenters. The first-order valence-electron chi connectivity index (χ1n) is 3.57. The Morgan fingerprint density at radius 3 is 2.36 bits per heavy atom. The molecule has 0 aliphatic heterocycles. The fourth-order valence-electron chi connectivity index (χ4n) is 0.885. The summed E-state index contributed by atoms with van der Waals surface area (Å²) in [6.45, 7) is 2.03. The molecule has 11 heavy (non-hydrogen) atoms. The zero-order chi connectivity index (χ0) is 8.27. The van der Waals surface area contributed by atoms with Crippen LogP contribution in [-0.2, 0) is 0 Å².